The van der Waals surface area contributed by atoms with Crippen molar-refractivity contribution in [3.63, 3.8) is 0 Å². The van der Waals surface area contributed by atoms with Crippen molar-refractivity contribution in [3.8, 4) is 0 Å². The largest absolute Gasteiger partial charge is 0.380 e. The van der Waals surface area contributed by atoms with E-state index in [9.17, 15) is 0 Å². The van der Waals surface area contributed by atoms with Crippen molar-refractivity contribution in [1.29, 1.82) is 0 Å². The maximum absolute atomic E-state index is 5.38. The molecule has 76 valence electrons. The van der Waals surface area contributed by atoms with Crippen LogP contribution in [0.15, 0.2) is 12.4 Å². The minimum Gasteiger partial charge on any atom is -0.380 e. The fraction of sp³-hybridized carbons (Fsp3) is 0.556. The molecule has 0 spiro atoms. The van der Waals surface area contributed by atoms with Gasteiger partial charge in [0.2, 0.25) is 5.95 Å². The smallest absolute Gasteiger partial charge is 0.219 e. The molecule has 0 aromatic carbocycles. The molecule has 1 fully saturated rings. The van der Waals surface area contributed by atoms with Crippen molar-refractivity contribution in [2.24, 2.45) is 0 Å². The molecule has 0 radical (unpaired) electrons. The molecule has 5 heteroatoms. The van der Waals surface area contributed by atoms with Gasteiger partial charge in [-0.2, -0.15) is 0 Å². The molecule has 2 rings (SSSR count). The molecule has 3 N–H and O–H groups in total. The van der Waals surface area contributed by atoms with Crippen LogP contribution < -0.4 is 11.1 Å². The van der Waals surface area contributed by atoms with Gasteiger partial charge >= 0.3 is 0 Å². The second-order valence-electron chi connectivity index (χ2n) is 3.39. The van der Waals surface area contributed by atoms with Gasteiger partial charge in [0.15, 0.2) is 0 Å². The maximum Gasteiger partial charge on any atom is 0.219 e. The van der Waals surface area contributed by atoms with E-state index in [2.05, 4.69) is 15.3 Å². The van der Waals surface area contributed by atoms with Crippen LogP contribution in [0.25, 0.3) is 0 Å². The van der Waals surface area contributed by atoms with E-state index in [0.717, 1.165) is 31.7 Å². The second-order valence-corrected chi connectivity index (χ2v) is 3.39. The Kier molecular flexibility index (Phi) is 2.90. The number of aromatic nitrogens is 2. The highest BCUT2D eigenvalue weighted by Gasteiger charge is 2.14. The molecule has 1 saturated heterocycles. The normalized spacial score (nSPS) is 21.3. The molecule has 1 aromatic heterocycles. The monoisotopic (exact) mass is 194 g/mol. The Labute approximate surface area is 82.7 Å². The topological polar surface area (TPSA) is 73.1 Å². The van der Waals surface area contributed by atoms with Crippen LogP contribution in [0.4, 0.5) is 5.95 Å². The number of nitrogens with one attached hydrogen (secondary N) is 1. The number of anilines is 1. The van der Waals surface area contributed by atoms with E-state index in [0.29, 0.717) is 12.0 Å². The van der Waals surface area contributed by atoms with Gasteiger partial charge in [-0.3, -0.25) is 0 Å². The number of hydrogen-bond acceptors (Lipinski definition) is 5. The molecule has 1 aromatic rings. The van der Waals surface area contributed by atoms with Gasteiger partial charge < -0.3 is 15.8 Å². The lowest BCUT2D eigenvalue weighted by atomic mass is 10.2. The van der Waals surface area contributed by atoms with Crippen molar-refractivity contribution in [2.45, 2.75) is 19.0 Å². The summed E-state index contributed by atoms with van der Waals surface area (Å²) in [5, 5.41) is 3.37. The van der Waals surface area contributed by atoms with Crippen molar-refractivity contribution < 1.29 is 4.74 Å². The van der Waals surface area contributed by atoms with Crippen LogP contribution in [0.2, 0.25) is 0 Å². The Hall–Kier alpha value is -1.20. The van der Waals surface area contributed by atoms with Crippen molar-refractivity contribution in [1.82, 2.24) is 15.3 Å². The van der Waals surface area contributed by atoms with Crippen LogP contribution in [0.3, 0.4) is 0 Å². The number of rotatable bonds is 3. The van der Waals surface area contributed by atoms with E-state index in [-0.39, 0.29) is 0 Å². The summed E-state index contributed by atoms with van der Waals surface area (Å²) in [6.07, 6.45) is 4.56. The van der Waals surface area contributed by atoms with E-state index in [1.54, 1.807) is 12.4 Å². The summed E-state index contributed by atoms with van der Waals surface area (Å²) in [6, 6.07) is 0.465. The highest BCUT2D eigenvalue weighted by molar-refractivity contribution is 5.16. The third-order valence-electron chi connectivity index (χ3n) is 2.25. The van der Waals surface area contributed by atoms with E-state index in [1.165, 1.54) is 0 Å². The molecule has 14 heavy (non-hydrogen) atoms. The number of ether oxygens (including phenoxy) is 1. The Morgan fingerprint density at radius 1 is 1.50 bits per heavy atom. The molecule has 5 nitrogen and oxygen atoms in total. The first kappa shape index (κ1) is 9.36. The Balaban J connectivity index is 1.82. The van der Waals surface area contributed by atoms with Crippen molar-refractivity contribution in [2.75, 3.05) is 18.9 Å². The summed E-state index contributed by atoms with van der Waals surface area (Å²) in [7, 11) is 0. The Morgan fingerprint density at radius 3 is 2.93 bits per heavy atom. The minimum absolute atomic E-state index is 0.318. The van der Waals surface area contributed by atoms with Crippen LogP contribution >= 0.6 is 0 Å². The summed E-state index contributed by atoms with van der Waals surface area (Å²) in [6.45, 7) is 2.43. The van der Waals surface area contributed by atoms with Gasteiger partial charge in [-0.1, -0.05) is 0 Å². The molecule has 1 atom stereocenters. The molecule has 0 amide bonds. The lowest BCUT2D eigenvalue weighted by molar-refractivity contribution is 0.190. The maximum atomic E-state index is 5.38. The highest BCUT2D eigenvalue weighted by Crippen LogP contribution is 2.04. The lowest BCUT2D eigenvalue weighted by Crippen LogP contribution is -2.28. The van der Waals surface area contributed by atoms with Gasteiger partial charge in [-0.15, -0.1) is 0 Å². The zero-order chi connectivity index (χ0) is 9.80. The molecule has 1 unspecified atom stereocenters. The zero-order valence-electron chi connectivity index (χ0n) is 7.94. The van der Waals surface area contributed by atoms with Gasteiger partial charge in [-0.25, -0.2) is 9.97 Å². The minimum atomic E-state index is 0.318. The average molecular weight is 194 g/mol. The predicted octanol–water partition coefficient (Wildman–Crippen LogP) is -0.0627. The quantitative estimate of drug-likeness (QED) is 0.705. The third kappa shape index (κ3) is 2.40. The summed E-state index contributed by atoms with van der Waals surface area (Å²) in [5.41, 5.74) is 6.43. The second kappa shape index (κ2) is 4.34. The fourth-order valence-corrected chi connectivity index (χ4v) is 1.41. The predicted molar refractivity (Wildman–Crippen MR) is 52.5 cm³/mol. The molecule has 2 heterocycles. The lowest BCUT2D eigenvalue weighted by Gasteiger charge is -2.09. The van der Waals surface area contributed by atoms with Crippen molar-refractivity contribution >= 4 is 5.95 Å². The van der Waals surface area contributed by atoms with E-state index in [4.69, 9.17) is 10.5 Å². The third-order valence-corrected chi connectivity index (χ3v) is 2.25. The van der Waals surface area contributed by atoms with Crippen LogP contribution in [-0.2, 0) is 11.3 Å². The van der Waals surface area contributed by atoms with Gasteiger partial charge in [0.25, 0.3) is 0 Å². The van der Waals surface area contributed by atoms with Crippen LogP contribution in [-0.4, -0.2) is 29.2 Å². The number of nitrogens with two attached hydrogens (primary N) is 1. The number of nitrogens with zero attached hydrogens (tertiary/aromatic N) is 2. The number of nitrogen functional groups attached to an aromatic ring is 1. The Morgan fingerprint density at radius 2 is 2.29 bits per heavy atom. The molecular weight excluding hydrogens is 180 g/mol. The molecular formula is C9H14N4O. The summed E-state index contributed by atoms with van der Waals surface area (Å²) < 4.78 is 5.25. The first-order valence-corrected chi connectivity index (χ1v) is 4.72. The SMILES string of the molecule is Nc1ncc(CNC2CCOC2)cn1. The zero-order valence-corrected chi connectivity index (χ0v) is 7.94. The van der Waals surface area contributed by atoms with E-state index >= 15 is 0 Å². The summed E-state index contributed by atoms with van der Waals surface area (Å²) >= 11 is 0. The molecule has 0 aliphatic carbocycles. The molecule has 0 bridgehead atoms. The summed E-state index contributed by atoms with van der Waals surface area (Å²) in [4.78, 5) is 7.84. The van der Waals surface area contributed by atoms with Gasteiger partial charge in [-0.05, 0) is 6.42 Å². The first-order chi connectivity index (χ1) is 6.84. The van der Waals surface area contributed by atoms with Gasteiger partial charge in [0.05, 0.1) is 6.61 Å². The summed E-state index contributed by atoms with van der Waals surface area (Å²) in [5.74, 6) is 0.318. The van der Waals surface area contributed by atoms with E-state index < -0.39 is 0 Å². The van der Waals surface area contributed by atoms with Crippen LogP contribution in [0.5, 0.6) is 0 Å². The van der Waals surface area contributed by atoms with Crippen molar-refractivity contribution in [3.05, 3.63) is 18.0 Å². The first-order valence-electron chi connectivity index (χ1n) is 4.72. The average Bonchev–Trinajstić information content (AvgIpc) is 2.70. The van der Waals surface area contributed by atoms with Crippen LogP contribution in [0, 0.1) is 0 Å². The molecule has 1 aliphatic heterocycles. The van der Waals surface area contributed by atoms with E-state index in [1.807, 2.05) is 0 Å². The Bertz CT molecular complexity index is 281. The van der Waals surface area contributed by atoms with Crippen LogP contribution in [0.1, 0.15) is 12.0 Å². The molecule has 0 saturated carbocycles. The van der Waals surface area contributed by atoms with Gasteiger partial charge in [0, 0.05) is 37.2 Å². The van der Waals surface area contributed by atoms with Gasteiger partial charge in [0.1, 0.15) is 0 Å². The highest BCUT2D eigenvalue weighted by atomic mass is 16.5. The fourth-order valence-electron chi connectivity index (χ4n) is 1.41. The number of hydrogen-bond donors (Lipinski definition) is 2. The molecule has 1 aliphatic rings. The standard InChI is InChI=1S/C9H14N4O/c10-9-12-4-7(5-13-9)3-11-8-1-2-14-6-8/h4-5,8,11H,1-3,6H2,(H2,10,12,13).